The van der Waals surface area contributed by atoms with Gasteiger partial charge in [0.15, 0.2) is 4.32 Å². The predicted molar refractivity (Wildman–Crippen MR) is 85.5 cm³/mol. The number of hydrogen-bond donors (Lipinski definition) is 1. The number of aliphatic imine (C=N–C) groups is 1. The fourth-order valence-electron chi connectivity index (χ4n) is 1.75. The van der Waals surface area contributed by atoms with Crippen molar-refractivity contribution in [3.63, 3.8) is 0 Å². The Labute approximate surface area is 120 Å². The highest BCUT2D eigenvalue weighted by Crippen LogP contribution is 2.22. The van der Waals surface area contributed by atoms with Gasteiger partial charge in [0.05, 0.1) is 24.6 Å². The molecule has 5 heteroatoms. The highest BCUT2D eigenvalue weighted by molar-refractivity contribution is 8.19. The Morgan fingerprint density at radius 1 is 1.33 bits per heavy atom. The van der Waals surface area contributed by atoms with Crippen molar-refractivity contribution in [1.82, 2.24) is 10.3 Å². The molecule has 0 aliphatic carbocycles. The third kappa shape index (κ3) is 4.55. The summed E-state index contributed by atoms with van der Waals surface area (Å²) in [6.07, 6.45) is 7.61. The predicted octanol–water partition coefficient (Wildman–Crippen LogP) is 2.25. The van der Waals surface area contributed by atoms with E-state index < -0.39 is 0 Å². The summed E-state index contributed by atoms with van der Waals surface area (Å²) >= 11 is 7.17. The van der Waals surface area contributed by atoms with Gasteiger partial charge >= 0.3 is 0 Å². The van der Waals surface area contributed by atoms with Gasteiger partial charge in [-0.2, -0.15) is 0 Å². The molecule has 18 heavy (non-hydrogen) atoms. The van der Waals surface area contributed by atoms with E-state index in [0.717, 1.165) is 34.4 Å². The molecule has 99 valence electrons. The SMILES string of the molecule is CC[N+](CC)(CC)SC(=S)NCC1=CC=[N+]C=C1. The number of allylic oxidation sites excluding steroid dienone is 1. The molecule has 1 radical (unpaired) electrons. The molecule has 1 heterocycles. The van der Waals surface area contributed by atoms with Crippen LogP contribution in [0.15, 0.2) is 23.9 Å². The number of nitrogens with one attached hydrogen (secondary N) is 1. The Hall–Kier alpha value is -0.650. The molecule has 1 N–H and O–H groups in total. The van der Waals surface area contributed by atoms with E-state index in [9.17, 15) is 0 Å². The minimum atomic E-state index is 0.769. The minimum Gasteiger partial charge on any atom is -0.362 e. The zero-order chi connectivity index (χ0) is 13.4. The quantitative estimate of drug-likeness (QED) is 0.460. The molecule has 0 fully saturated rings. The normalized spacial score (nSPS) is 14.5. The van der Waals surface area contributed by atoms with E-state index in [1.54, 1.807) is 24.4 Å². The molecular weight excluding hydrogens is 262 g/mol. The molecule has 0 aromatic rings. The van der Waals surface area contributed by atoms with Crippen LogP contribution in [-0.4, -0.2) is 40.6 Å². The first-order valence-electron chi connectivity index (χ1n) is 6.38. The Bertz CT molecular complexity index is 360. The van der Waals surface area contributed by atoms with Gasteiger partial charge in [-0.1, -0.05) is 0 Å². The van der Waals surface area contributed by atoms with Crippen molar-refractivity contribution in [2.75, 3.05) is 26.2 Å². The highest BCUT2D eigenvalue weighted by atomic mass is 32.2. The van der Waals surface area contributed by atoms with Crippen molar-refractivity contribution >= 4 is 34.7 Å². The lowest BCUT2D eigenvalue weighted by atomic mass is 10.2. The molecule has 0 atom stereocenters. The molecule has 1 rings (SSSR count). The van der Waals surface area contributed by atoms with Gasteiger partial charge in [0.1, 0.15) is 11.9 Å². The third-order valence-corrected chi connectivity index (χ3v) is 5.03. The smallest absolute Gasteiger partial charge is 0.242 e. The minimum absolute atomic E-state index is 0.769. The van der Waals surface area contributed by atoms with Gasteiger partial charge in [-0.25, -0.2) is 0 Å². The molecular formula is C13H22N3S2+2. The molecule has 0 spiro atoms. The van der Waals surface area contributed by atoms with Gasteiger partial charge in [0, 0.05) is 18.7 Å². The molecule has 1 aliphatic heterocycles. The summed E-state index contributed by atoms with van der Waals surface area (Å²) in [7, 11) is 0. The van der Waals surface area contributed by atoms with Crippen molar-refractivity contribution in [1.29, 1.82) is 0 Å². The fourth-order valence-corrected chi connectivity index (χ4v) is 3.17. The summed E-state index contributed by atoms with van der Waals surface area (Å²) in [5.74, 6) is 0. The Morgan fingerprint density at radius 3 is 2.50 bits per heavy atom. The average Bonchev–Trinajstić information content (AvgIpc) is 2.44. The summed E-state index contributed by atoms with van der Waals surface area (Å²) in [5.41, 5.74) is 1.20. The summed E-state index contributed by atoms with van der Waals surface area (Å²) in [5, 5.41) is 3.31. The van der Waals surface area contributed by atoms with Crippen molar-refractivity contribution in [3.05, 3.63) is 23.9 Å². The second-order valence-corrected chi connectivity index (χ2v) is 6.13. The second kappa shape index (κ2) is 7.71. The van der Waals surface area contributed by atoms with E-state index in [4.69, 9.17) is 12.2 Å². The van der Waals surface area contributed by atoms with Crippen LogP contribution in [0.2, 0.25) is 0 Å². The third-order valence-electron chi connectivity index (χ3n) is 3.19. The number of nitrogens with zero attached hydrogens (tertiary/aromatic N) is 2. The van der Waals surface area contributed by atoms with Crippen molar-refractivity contribution in [2.24, 2.45) is 0 Å². The monoisotopic (exact) mass is 284 g/mol. The first kappa shape index (κ1) is 15.4. The first-order chi connectivity index (χ1) is 8.65. The molecule has 0 unspecified atom stereocenters. The van der Waals surface area contributed by atoms with E-state index in [0.29, 0.717) is 0 Å². The number of rotatable bonds is 6. The van der Waals surface area contributed by atoms with Crippen LogP contribution >= 0.6 is 24.2 Å². The van der Waals surface area contributed by atoms with Gasteiger partial charge in [-0.05, 0) is 38.6 Å². The molecule has 0 saturated heterocycles. The van der Waals surface area contributed by atoms with Gasteiger partial charge in [-0.15, -0.1) is 0 Å². The van der Waals surface area contributed by atoms with Crippen LogP contribution in [0.25, 0.3) is 0 Å². The van der Waals surface area contributed by atoms with Crippen molar-refractivity contribution in [2.45, 2.75) is 20.8 Å². The zero-order valence-electron chi connectivity index (χ0n) is 11.3. The fraction of sp³-hybridized carbons (Fsp3) is 0.538. The van der Waals surface area contributed by atoms with E-state index >= 15 is 0 Å². The van der Waals surface area contributed by atoms with Gasteiger partial charge in [-0.3, -0.25) is 3.89 Å². The van der Waals surface area contributed by atoms with Crippen LogP contribution in [0.5, 0.6) is 0 Å². The van der Waals surface area contributed by atoms with Crippen LogP contribution < -0.4 is 10.3 Å². The van der Waals surface area contributed by atoms with Crippen molar-refractivity contribution < 1.29 is 3.89 Å². The van der Waals surface area contributed by atoms with Gasteiger partial charge in [0.2, 0.25) is 12.4 Å². The van der Waals surface area contributed by atoms with Crippen molar-refractivity contribution in [3.8, 4) is 0 Å². The molecule has 0 aromatic heterocycles. The Balaban J connectivity index is 2.44. The van der Waals surface area contributed by atoms with E-state index in [1.807, 2.05) is 12.2 Å². The molecule has 0 bridgehead atoms. The largest absolute Gasteiger partial charge is 0.362 e. The van der Waals surface area contributed by atoms with Gasteiger partial charge in [0.25, 0.3) is 0 Å². The molecule has 3 nitrogen and oxygen atoms in total. The summed E-state index contributed by atoms with van der Waals surface area (Å²) < 4.78 is 1.85. The highest BCUT2D eigenvalue weighted by Gasteiger charge is 2.25. The van der Waals surface area contributed by atoms with Crippen LogP contribution in [0.1, 0.15) is 20.8 Å². The topological polar surface area (TPSA) is 26.1 Å². The van der Waals surface area contributed by atoms with Crippen LogP contribution in [0, 0.1) is 0 Å². The van der Waals surface area contributed by atoms with E-state index in [2.05, 4.69) is 31.1 Å². The maximum atomic E-state index is 5.42. The number of thiocarbonyl (C=S) groups is 1. The maximum Gasteiger partial charge on any atom is 0.242 e. The zero-order valence-corrected chi connectivity index (χ0v) is 13.0. The number of quaternary nitrogens is 1. The van der Waals surface area contributed by atoms with Gasteiger partial charge < -0.3 is 5.32 Å². The van der Waals surface area contributed by atoms with E-state index in [1.165, 1.54) is 5.57 Å². The molecule has 0 amide bonds. The van der Waals surface area contributed by atoms with Crippen LogP contribution in [0.3, 0.4) is 0 Å². The summed E-state index contributed by atoms with van der Waals surface area (Å²) in [6, 6.07) is 0. The van der Waals surface area contributed by atoms with Crippen LogP contribution in [-0.2, 0) is 0 Å². The Morgan fingerprint density at radius 2 is 2.00 bits per heavy atom. The van der Waals surface area contributed by atoms with Crippen LogP contribution in [0.4, 0.5) is 0 Å². The average molecular weight is 284 g/mol. The summed E-state index contributed by atoms with van der Waals surface area (Å²) in [4.78, 5) is 4.00. The lowest BCUT2D eigenvalue weighted by Crippen LogP contribution is -2.43. The number of hydrogen-bond acceptors (Lipinski definition) is 3. The molecule has 1 aliphatic rings. The lowest BCUT2D eigenvalue weighted by Gasteiger charge is -2.32. The van der Waals surface area contributed by atoms with E-state index in [-0.39, 0.29) is 0 Å². The molecule has 0 saturated carbocycles. The first-order valence-corrected chi connectivity index (χ1v) is 7.56. The second-order valence-electron chi connectivity index (χ2n) is 4.09. The lowest BCUT2D eigenvalue weighted by molar-refractivity contribution is -0.788. The standard InChI is InChI=1S/C13H21N3S2/c1-4-16(5-2,6-3)18-13(17)15-11-12-7-9-14-10-8-12/h7-10H,4-6,11H2,1-3H3/q+1/p+1. The molecule has 0 aromatic carbocycles. The summed E-state index contributed by atoms with van der Waals surface area (Å²) in [6.45, 7) is 10.7. The maximum absolute atomic E-state index is 5.42. The Kier molecular flexibility index (Phi) is 6.60.